The fraction of sp³-hybridized carbons (Fsp3) is 0.0714. The third-order valence-electron chi connectivity index (χ3n) is 2.33. The first-order valence-electron chi connectivity index (χ1n) is 4.91. The Balaban J connectivity index is 2.47. The molecule has 0 fully saturated rings. The maximum absolute atomic E-state index is 5.31. The second kappa shape index (κ2) is 4.50. The van der Waals surface area contributed by atoms with Crippen molar-refractivity contribution in [2.24, 2.45) is 0 Å². The molecule has 2 rings (SSSR count). The van der Waals surface area contributed by atoms with Crippen LogP contribution >= 0.6 is 0 Å². The van der Waals surface area contributed by atoms with Crippen LogP contribution < -0.4 is 4.74 Å². The normalized spacial score (nSPS) is 9.50. The standard InChI is InChI=1S/C14H11NO/c1-3-11-6-8-12(9-7-11)13-5-4-10-15-14(13)16-2/h1,4-10H,2H3. The Hall–Kier alpha value is -2.27. The number of hydrogen-bond donors (Lipinski definition) is 0. The first-order valence-corrected chi connectivity index (χ1v) is 4.91. The van der Waals surface area contributed by atoms with Crippen LogP contribution in [0.3, 0.4) is 0 Å². The van der Waals surface area contributed by atoms with E-state index in [4.69, 9.17) is 11.2 Å². The number of rotatable bonds is 2. The van der Waals surface area contributed by atoms with E-state index in [1.165, 1.54) is 0 Å². The summed E-state index contributed by atoms with van der Waals surface area (Å²) >= 11 is 0. The van der Waals surface area contributed by atoms with Crippen LogP contribution in [0.2, 0.25) is 0 Å². The maximum Gasteiger partial charge on any atom is 0.221 e. The minimum Gasteiger partial charge on any atom is -0.481 e. The van der Waals surface area contributed by atoms with Crippen LogP contribution in [0.1, 0.15) is 5.56 Å². The van der Waals surface area contributed by atoms with Crippen LogP contribution in [-0.4, -0.2) is 12.1 Å². The van der Waals surface area contributed by atoms with Crippen molar-refractivity contribution in [3.8, 4) is 29.4 Å². The molecule has 1 aromatic carbocycles. The highest BCUT2D eigenvalue weighted by Gasteiger charge is 2.05. The van der Waals surface area contributed by atoms with E-state index in [2.05, 4.69) is 10.9 Å². The van der Waals surface area contributed by atoms with Crippen LogP contribution in [0, 0.1) is 12.3 Å². The zero-order valence-corrected chi connectivity index (χ0v) is 8.97. The van der Waals surface area contributed by atoms with E-state index in [1.54, 1.807) is 13.3 Å². The van der Waals surface area contributed by atoms with E-state index in [0.717, 1.165) is 16.7 Å². The number of hydrogen-bond acceptors (Lipinski definition) is 2. The van der Waals surface area contributed by atoms with E-state index >= 15 is 0 Å². The van der Waals surface area contributed by atoms with Gasteiger partial charge < -0.3 is 4.74 Å². The molecule has 1 heterocycles. The molecule has 2 nitrogen and oxygen atoms in total. The van der Waals surface area contributed by atoms with Gasteiger partial charge in [0.15, 0.2) is 0 Å². The van der Waals surface area contributed by atoms with Crippen molar-refractivity contribution in [3.63, 3.8) is 0 Å². The summed E-state index contributed by atoms with van der Waals surface area (Å²) < 4.78 is 5.20. The minimum atomic E-state index is 0.621. The number of methoxy groups -OCH3 is 1. The zero-order valence-electron chi connectivity index (χ0n) is 8.97. The Morgan fingerprint density at radius 1 is 1.19 bits per heavy atom. The molecule has 0 aliphatic carbocycles. The Morgan fingerprint density at radius 3 is 2.56 bits per heavy atom. The largest absolute Gasteiger partial charge is 0.481 e. The highest BCUT2D eigenvalue weighted by molar-refractivity contribution is 5.68. The van der Waals surface area contributed by atoms with E-state index in [9.17, 15) is 0 Å². The number of terminal acetylenes is 1. The summed E-state index contributed by atoms with van der Waals surface area (Å²) in [6, 6.07) is 11.6. The molecule has 0 aliphatic heterocycles. The molecule has 2 heteroatoms. The summed E-state index contributed by atoms with van der Waals surface area (Å²) in [5.41, 5.74) is 2.88. The average molecular weight is 209 g/mol. The van der Waals surface area contributed by atoms with Gasteiger partial charge in [-0.3, -0.25) is 0 Å². The summed E-state index contributed by atoms with van der Waals surface area (Å²) in [7, 11) is 1.61. The first-order chi connectivity index (χ1) is 7.85. The Labute approximate surface area is 94.9 Å². The van der Waals surface area contributed by atoms with Gasteiger partial charge in [0.25, 0.3) is 0 Å². The van der Waals surface area contributed by atoms with E-state index in [0.29, 0.717) is 5.88 Å². The Bertz CT molecular complexity index is 523. The average Bonchev–Trinajstić information content (AvgIpc) is 2.39. The van der Waals surface area contributed by atoms with Crippen molar-refractivity contribution in [1.29, 1.82) is 0 Å². The van der Waals surface area contributed by atoms with Gasteiger partial charge >= 0.3 is 0 Å². The second-order valence-corrected chi connectivity index (χ2v) is 3.28. The first kappa shape index (κ1) is 10.3. The highest BCUT2D eigenvalue weighted by atomic mass is 16.5. The van der Waals surface area contributed by atoms with Crippen LogP contribution in [0.25, 0.3) is 11.1 Å². The van der Waals surface area contributed by atoms with E-state index in [1.807, 2.05) is 36.4 Å². The van der Waals surface area contributed by atoms with Gasteiger partial charge in [-0.1, -0.05) is 18.1 Å². The van der Waals surface area contributed by atoms with Crippen molar-refractivity contribution < 1.29 is 4.74 Å². The molecule has 0 N–H and O–H groups in total. The predicted octanol–water partition coefficient (Wildman–Crippen LogP) is 2.74. The number of benzene rings is 1. The van der Waals surface area contributed by atoms with Gasteiger partial charge in [-0.25, -0.2) is 4.98 Å². The molecule has 0 unspecified atom stereocenters. The molecular weight excluding hydrogens is 198 g/mol. The molecular formula is C14H11NO. The van der Waals surface area contributed by atoms with Crippen molar-refractivity contribution in [2.45, 2.75) is 0 Å². The molecule has 0 atom stereocenters. The van der Waals surface area contributed by atoms with E-state index in [-0.39, 0.29) is 0 Å². The van der Waals surface area contributed by atoms with Gasteiger partial charge in [-0.2, -0.15) is 0 Å². The number of ether oxygens (including phenoxy) is 1. The van der Waals surface area contributed by atoms with Gasteiger partial charge in [0.1, 0.15) is 0 Å². The van der Waals surface area contributed by atoms with Gasteiger partial charge in [0.2, 0.25) is 5.88 Å². The fourth-order valence-corrected chi connectivity index (χ4v) is 1.52. The Kier molecular flexibility index (Phi) is 2.88. The number of pyridine rings is 1. The summed E-state index contributed by atoms with van der Waals surface area (Å²) in [4.78, 5) is 4.15. The van der Waals surface area contributed by atoms with Crippen LogP contribution in [0.5, 0.6) is 5.88 Å². The molecule has 0 bridgehead atoms. The Morgan fingerprint density at radius 2 is 1.94 bits per heavy atom. The van der Waals surface area contributed by atoms with Gasteiger partial charge in [0, 0.05) is 17.3 Å². The van der Waals surface area contributed by atoms with Crippen molar-refractivity contribution in [1.82, 2.24) is 4.98 Å². The van der Waals surface area contributed by atoms with Crippen molar-refractivity contribution >= 4 is 0 Å². The molecule has 0 aliphatic rings. The lowest BCUT2D eigenvalue weighted by atomic mass is 10.1. The molecule has 78 valence electrons. The molecule has 0 amide bonds. The summed E-state index contributed by atoms with van der Waals surface area (Å²) in [6.45, 7) is 0. The SMILES string of the molecule is C#Cc1ccc(-c2cccnc2OC)cc1. The van der Waals surface area contributed by atoms with Gasteiger partial charge in [-0.05, 0) is 29.8 Å². The molecule has 16 heavy (non-hydrogen) atoms. The number of aromatic nitrogens is 1. The lowest BCUT2D eigenvalue weighted by Crippen LogP contribution is -1.90. The topological polar surface area (TPSA) is 22.1 Å². The van der Waals surface area contributed by atoms with Gasteiger partial charge in [0.05, 0.1) is 7.11 Å². The highest BCUT2D eigenvalue weighted by Crippen LogP contribution is 2.27. The zero-order chi connectivity index (χ0) is 11.4. The molecule has 2 aromatic rings. The maximum atomic E-state index is 5.31. The van der Waals surface area contributed by atoms with Crippen LogP contribution in [-0.2, 0) is 0 Å². The lowest BCUT2D eigenvalue weighted by molar-refractivity contribution is 0.399. The smallest absolute Gasteiger partial charge is 0.221 e. The monoisotopic (exact) mass is 209 g/mol. The predicted molar refractivity (Wildman–Crippen MR) is 64.2 cm³/mol. The van der Waals surface area contributed by atoms with Crippen LogP contribution in [0.15, 0.2) is 42.6 Å². The molecule has 1 aromatic heterocycles. The second-order valence-electron chi connectivity index (χ2n) is 3.28. The molecule has 0 radical (unpaired) electrons. The summed E-state index contributed by atoms with van der Waals surface area (Å²) in [5.74, 6) is 3.21. The fourth-order valence-electron chi connectivity index (χ4n) is 1.52. The molecule has 0 saturated heterocycles. The quantitative estimate of drug-likeness (QED) is 0.709. The van der Waals surface area contributed by atoms with Crippen LogP contribution in [0.4, 0.5) is 0 Å². The van der Waals surface area contributed by atoms with Crippen molar-refractivity contribution in [3.05, 3.63) is 48.2 Å². The molecule has 0 saturated carbocycles. The lowest BCUT2D eigenvalue weighted by Gasteiger charge is -2.06. The summed E-state index contributed by atoms with van der Waals surface area (Å²) in [6.07, 6.45) is 7.01. The third kappa shape index (κ3) is 1.89. The molecule has 0 spiro atoms. The van der Waals surface area contributed by atoms with Crippen molar-refractivity contribution in [2.75, 3.05) is 7.11 Å². The van der Waals surface area contributed by atoms with E-state index < -0.39 is 0 Å². The minimum absolute atomic E-state index is 0.621. The van der Waals surface area contributed by atoms with Gasteiger partial charge in [-0.15, -0.1) is 6.42 Å². The third-order valence-corrected chi connectivity index (χ3v) is 2.33. The number of nitrogens with zero attached hydrogens (tertiary/aromatic N) is 1. The summed E-state index contributed by atoms with van der Waals surface area (Å²) in [5, 5.41) is 0.